The molecule has 108 valence electrons. The number of rotatable bonds is 8. The van der Waals surface area contributed by atoms with E-state index in [0.717, 1.165) is 0 Å². The number of aromatic nitrogens is 1. The summed E-state index contributed by atoms with van der Waals surface area (Å²) in [6.07, 6.45) is 0. The van der Waals surface area contributed by atoms with Crippen molar-refractivity contribution in [3.8, 4) is 0 Å². The van der Waals surface area contributed by atoms with Crippen molar-refractivity contribution in [3.63, 3.8) is 0 Å². The lowest BCUT2D eigenvalue weighted by Gasteiger charge is -2.21. The number of ether oxygens (including phenoxy) is 1. The topological polar surface area (TPSA) is 76.4 Å². The van der Waals surface area contributed by atoms with Crippen LogP contribution < -0.4 is 10.6 Å². The summed E-state index contributed by atoms with van der Waals surface area (Å²) in [5, 5.41) is 9.56. The summed E-state index contributed by atoms with van der Waals surface area (Å²) < 4.78 is 10.3. The molecule has 0 aliphatic rings. The first-order valence-electron chi connectivity index (χ1n) is 6.57. The Kier molecular flexibility index (Phi) is 6.52. The van der Waals surface area contributed by atoms with Gasteiger partial charge in [0.05, 0.1) is 13.2 Å². The molecule has 0 saturated heterocycles. The van der Waals surface area contributed by atoms with E-state index in [2.05, 4.69) is 29.6 Å². The van der Waals surface area contributed by atoms with Gasteiger partial charge in [-0.05, 0) is 19.8 Å². The third kappa shape index (κ3) is 5.85. The smallest absolute Gasteiger partial charge is 0.239 e. The molecule has 1 rings (SSSR count). The second kappa shape index (κ2) is 7.91. The van der Waals surface area contributed by atoms with Gasteiger partial charge in [-0.25, -0.2) is 0 Å². The third-order valence-electron chi connectivity index (χ3n) is 2.73. The second-order valence-corrected chi connectivity index (χ2v) is 4.76. The number of nitrogens with zero attached hydrogens (tertiary/aromatic N) is 1. The molecule has 19 heavy (non-hydrogen) atoms. The van der Waals surface area contributed by atoms with Crippen molar-refractivity contribution < 1.29 is 14.1 Å². The fourth-order valence-electron chi connectivity index (χ4n) is 1.57. The molecule has 1 atom stereocenters. The van der Waals surface area contributed by atoms with Crippen LogP contribution >= 0.6 is 0 Å². The highest BCUT2D eigenvalue weighted by atomic mass is 16.5. The molecule has 6 heteroatoms. The van der Waals surface area contributed by atoms with Gasteiger partial charge in [-0.15, -0.1) is 0 Å². The first-order chi connectivity index (χ1) is 9.02. The molecule has 0 radical (unpaired) electrons. The van der Waals surface area contributed by atoms with Crippen LogP contribution in [0.25, 0.3) is 0 Å². The van der Waals surface area contributed by atoms with Crippen LogP contribution in [-0.2, 0) is 9.53 Å². The lowest BCUT2D eigenvalue weighted by molar-refractivity contribution is -0.115. The Morgan fingerprint density at radius 2 is 2.26 bits per heavy atom. The minimum Gasteiger partial charge on any atom is -0.380 e. The summed E-state index contributed by atoms with van der Waals surface area (Å²) in [5.41, 5.74) is 0. The maximum atomic E-state index is 11.7. The molecule has 1 amide bonds. The summed E-state index contributed by atoms with van der Waals surface area (Å²) in [7, 11) is 0. The van der Waals surface area contributed by atoms with Crippen LogP contribution in [0.15, 0.2) is 10.6 Å². The molecule has 1 aromatic heterocycles. The van der Waals surface area contributed by atoms with Gasteiger partial charge in [0.15, 0.2) is 5.82 Å². The Hall–Kier alpha value is -1.40. The zero-order valence-electron chi connectivity index (χ0n) is 12.0. The predicted octanol–water partition coefficient (Wildman–Crippen LogP) is 1.57. The highest BCUT2D eigenvalue weighted by Gasteiger charge is 2.14. The summed E-state index contributed by atoms with van der Waals surface area (Å²) in [6, 6.07) is 1.84. The van der Waals surface area contributed by atoms with Crippen LogP contribution in [0.2, 0.25) is 0 Å². The minimum atomic E-state index is -0.143. The van der Waals surface area contributed by atoms with E-state index in [1.54, 1.807) is 13.0 Å². The SMILES string of the molecule is CCOC[C@@H](NCC(=O)Nc1cc(C)on1)C(C)C. The Morgan fingerprint density at radius 1 is 1.53 bits per heavy atom. The maximum Gasteiger partial charge on any atom is 0.239 e. The van der Waals surface area contributed by atoms with Gasteiger partial charge in [-0.2, -0.15) is 0 Å². The van der Waals surface area contributed by atoms with Gasteiger partial charge in [0, 0.05) is 18.7 Å². The first-order valence-corrected chi connectivity index (χ1v) is 6.57. The average molecular weight is 269 g/mol. The average Bonchev–Trinajstić information content (AvgIpc) is 2.74. The van der Waals surface area contributed by atoms with Gasteiger partial charge in [0.1, 0.15) is 5.76 Å². The Labute approximate surface area is 113 Å². The number of amides is 1. The molecule has 0 unspecified atom stereocenters. The van der Waals surface area contributed by atoms with E-state index in [1.807, 2.05) is 6.92 Å². The van der Waals surface area contributed by atoms with Gasteiger partial charge in [-0.3, -0.25) is 4.79 Å². The zero-order valence-corrected chi connectivity index (χ0v) is 12.0. The van der Waals surface area contributed by atoms with Gasteiger partial charge in [-0.1, -0.05) is 19.0 Å². The molecule has 1 aromatic rings. The molecule has 0 bridgehead atoms. The van der Waals surface area contributed by atoms with Crippen molar-refractivity contribution in [2.24, 2.45) is 5.92 Å². The van der Waals surface area contributed by atoms with Crippen LogP contribution in [0.1, 0.15) is 26.5 Å². The van der Waals surface area contributed by atoms with Gasteiger partial charge >= 0.3 is 0 Å². The summed E-state index contributed by atoms with van der Waals surface area (Å²) >= 11 is 0. The second-order valence-electron chi connectivity index (χ2n) is 4.76. The lowest BCUT2D eigenvalue weighted by atomic mass is 10.1. The molecule has 6 nitrogen and oxygen atoms in total. The zero-order chi connectivity index (χ0) is 14.3. The van der Waals surface area contributed by atoms with Crippen molar-refractivity contribution in [3.05, 3.63) is 11.8 Å². The van der Waals surface area contributed by atoms with Gasteiger partial charge < -0.3 is 19.9 Å². The minimum absolute atomic E-state index is 0.143. The van der Waals surface area contributed by atoms with E-state index in [1.165, 1.54) is 0 Å². The molecule has 0 aromatic carbocycles. The summed E-state index contributed by atoms with van der Waals surface area (Å²) in [5.74, 6) is 1.36. The molecule has 1 heterocycles. The van der Waals surface area contributed by atoms with E-state index in [-0.39, 0.29) is 18.5 Å². The van der Waals surface area contributed by atoms with Crippen LogP contribution in [0.5, 0.6) is 0 Å². The van der Waals surface area contributed by atoms with Gasteiger partial charge in [0.2, 0.25) is 5.91 Å². The van der Waals surface area contributed by atoms with Crippen molar-refractivity contribution in [1.29, 1.82) is 0 Å². The molecule has 0 fully saturated rings. The van der Waals surface area contributed by atoms with Crippen molar-refractivity contribution >= 4 is 11.7 Å². The fraction of sp³-hybridized carbons (Fsp3) is 0.692. The quantitative estimate of drug-likeness (QED) is 0.749. The predicted molar refractivity (Wildman–Crippen MR) is 73.0 cm³/mol. The summed E-state index contributed by atoms with van der Waals surface area (Å²) in [4.78, 5) is 11.7. The van der Waals surface area contributed by atoms with E-state index < -0.39 is 0 Å². The monoisotopic (exact) mass is 269 g/mol. The standard InChI is InChI=1S/C13H23N3O3/c1-5-18-8-11(9(2)3)14-7-13(17)15-12-6-10(4)19-16-12/h6,9,11,14H,5,7-8H2,1-4H3,(H,15,16,17)/t11-/m1/s1. The molecule has 0 aliphatic heterocycles. The highest BCUT2D eigenvalue weighted by molar-refractivity contribution is 5.91. The number of hydrogen-bond donors (Lipinski definition) is 2. The number of hydrogen-bond acceptors (Lipinski definition) is 5. The summed E-state index contributed by atoms with van der Waals surface area (Å²) in [6.45, 7) is 9.42. The third-order valence-corrected chi connectivity index (χ3v) is 2.73. The van der Waals surface area contributed by atoms with Crippen LogP contribution in [0.4, 0.5) is 5.82 Å². The van der Waals surface area contributed by atoms with E-state index in [0.29, 0.717) is 30.7 Å². The molecular weight excluding hydrogens is 246 g/mol. The first kappa shape index (κ1) is 15.7. The number of carbonyl (C=O) groups is 1. The van der Waals surface area contributed by atoms with Crippen molar-refractivity contribution in [2.45, 2.75) is 33.7 Å². The van der Waals surface area contributed by atoms with Crippen LogP contribution in [-0.4, -0.2) is 36.9 Å². The number of nitrogens with one attached hydrogen (secondary N) is 2. The molecule has 2 N–H and O–H groups in total. The fourth-order valence-corrected chi connectivity index (χ4v) is 1.57. The molecule has 0 aliphatic carbocycles. The lowest BCUT2D eigenvalue weighted by Crippen LogP contribution is -2.42. The van der Waals surface area contributed by atoms with E-state index in [4.69, 9.17) is 9.26 Å². The number of anilines is 1. The van der Waals surface area contributed by atoms with E-state index in [9.17, 15) is 4.79 Å². The highest BCUT2D eigenvalue weighted by Crippen LogP contribution is 2.06. The number of aryl methyl sites for hydroxylation is 1. The van der Waals surface area contributed by atoms with Crippen molar-refractivity contribution in [1.82, 2.24) is 10.5 Å². The Morgan fingerprint density at radius 3 is 2.79 bits per heavy atom. The largest absolute Gasteiger partial charge is 0.380 e. The maximum absolute atomic E-state index is 11.7. The Bertz CT molecular complexity index is 390. The van der Waals surface area contributed by atoms with Crippen LogP contribution in [0, 0.1) is 12.8 Å². The van der Waals surface area contributed by atoms with Crippen molar-refractivity contribution in [2.75, 3.05) is 25.1 Å². The number of carbonyl (C=O) groups excluding carboxylic acids is 1. The van der Waals surface area contributed by atoms with E-state index >= 15 is 0 Å². The van der Waals surface area contributed by atoms with Gasteiger partial charge in [0.25, 0.3) is 0 Å². The normalized spacial score (nSPS) is 12.7. The molecular formula is C13H23N3O3. The molecule has 0 saturated carbocycles. The Balaban J connectivity index is 2.34. The van der Waals surface area contributed by atoms with Crippen LogP contribution in [0.3, 0.4) is 0 Å². The molecule has 0 spiro atoms.